The second kappa shape index (κ2) is 8.23. The molecule has 1 N–H and O–H groups in total. The quantitative estimate of drug-likeness (QED) is 0.780. The third-order valence-electron chi connectivity index (χ3n) is 3.06. The molecule has 4 heteroatoms. The van der Waals surface area contributed by atoms with Crippen LogP contribution in [0.1, 0.15) is 30.5 Å². The molecule has 0 aliphatic carbocycles. The number of nitrogens with zero attached hydrogens (tertiary/aromatic N) is 1. The van der Waals surface area contributed by atoms with Gasteiger partial charge in [-0.1, -0.05) is 36.8 Å². The van der Waals surface area contributed by atoms with Crippen molar-refractivity contribution in [1.29, 1.82) is 0 Å². The van der Waals surface area contributed by atoms with Crippen LogP contribution in [-0.4, -0.2) is 38.0 Å². The zero-order chi connectivity index (χ0) is 14.3. The van der Waals surface area contributed by atoms with Gasteiger partial charge in [-0.3, -0.25) is 4.90 Å². The molecule has 1 atom stereocenters. The Hall–Kier alpha value is -1.00. The minimum atomic E-state index is -2.28. The number of aryl methyl sites for hydroxylation is 1. The number of halogens is 2. The summed E-state index contributed by atoms with van der Waals surface area (Å²) in [7, 11) is 1.74. The maximum absolute atomic E-state index is 12.4. The standard InChI is InChI=1S/C15H24F2N2/c1-4-9-18-14(10-19(3)11-15(16)17)13-7-5-12(2)6-8-13/h5-8,14-15,18H,4,9-11H2,1-3H3. The number of hydrogen-bond acceptors (Lipinski definition) is 2. The summed E-state index contributed by atoms with van der Waals surface area (Å²) >= 11 is 0. The van der Waals surface area contributed by atoms with Crippen LogP contribution in [0.5, 0.6) is 0 Å². The summed E-state index contributed by atoms with van der Waals surface area (Å²) in [5, 5.41) is 3.42. The van der Waals surface area contributed by atoms with Gasteiger partial charge in [-0.05, 0) is 32.5 Å². The van der Waals surface area contributed by atoms with Gasteiger partial charge in [0.05, 0.1) is 6.54 Å². The highest BCUT2D eigenvalue weighted by molar-refractivity contribution is 5.24. The van der Waals surface area contributed by atoms with Crippen LogP contribution in [0.4, 0.5) is 8.78 Å². The Kier molecular flexibility index (Phi) is 6.95. The molecular weight excluding hydrogens is 246 g/mol. The third-order valence-corrected chi connectivity index (χ3v) is 3.06. The largest absolute Gasteiger partial charge is 0.309 e. The number of nitrogens with one attached hydrogen (secondary N) is 1. The lowest BCUT2D eigenvalue weighted by Gasteiger charge is -2.25. The van der Waals surface area contributed by atoms with Gasteiger partial charge in [0.15, 0.2) is 0 Å². The Labute approximate surface area is 114 Å². The normalized spacial score (nSPS) is 13.2. The van der Waals surface area contributed by atoms with Crippen molar-refractivity contribution in [2.75, 3.05) is 26.7 Å². The molecule has 0 aliphatic heterocycles. The highest BCUT2D eigenvalue weighted by Crippen LogP contribution is 2.15. The molecular formula is C15H24F2N2. The first kappa shape index (κ1) is 16.1. The fraction of sp³-hybridized carbons (Fsp3) is 0.600. The van der Waals surface area contributed by atoms with Crippen molar-refractivity contribution in [3.05, 3.63) is 35.4 Å². The molecule has 0 bridgehead atoms. The Bertz CT molecular complexity index is 352. The van der Waals surface area contributed by atoms with Crippen molar-refractivity contribution >= 4 is 0 Å². The summed E-state index contributed by atoms with van der Waals surface area (Å²) < 4.78 is 24.8. The first-order valence-electron chi connectivity index (χ1n) is 6.79. The predicted molar refractivity (Wildman–Crippen MR) is 75.7 cm³/mol. The summed E-state index contributed by atoms with van der Waals surface area (Å²) in [6.45, 7) is 5.44. The second-order valence-electron chi connectivity index (χ2n) is 5.03. The number of alkyl halides is 2. The van der Waals surface area contributed by atoms with Crippen molar-refractivity contribution in [2.45, 2.75) is 32.7 Å². The highest BCUT2D eigenvalue weighted by Gasteiger charge is 2.15. The predicted octanol–water partition coefficient (Wildman–Crippen LogP) is 3.23. The van der Waals surface area contributed by atoms with E-state index in [0.717, 1.165) is 18.5 Å². The summed E-state index contributed by atoms with van der Waals surface area (Å²) in [5.74, 6) is 0. The Morgan fingerprint density at radius 1 is 1.16 bits per heavy atom. The third kappa shape index (κ3) is 6.12. The van der Waals surface area contributed by atoms with E-state index >= 15 is 0 Å². The maximum atomic E-state index is 12.4. The molecule has 19 heavy (non-hydrogen) atoms. The van der Waals surface area contributed by atoms with E-state index in [1.54, 1.807) is 11.9 Å². The van der Waals surface area contributed by atoms with Crippen LogP contribution in [0.2, 0.25) is 0 Å². The molecule has 0 aliphatic rings. The number of likely N-dealkylation sites (N-methyl/N-ethyl adjacent to an activating group) is 1. The van der Waals surface area contributed by atoms with E-state index in [1.165, 1.54) is 5.56 Å². The molecule has 0 aromatic heterocycles. The molecule has 0 saturated heterocycles. The first-order chi connectivity index (χ1) is 9.02. The topological polar surface area (TPSA) is 15.3 Å². The fourth-order valence-electron chi connectivity index (χ4n) is 2.03. The smallest absolute Gasteiger partial charge is 0.251 e. The van der Waals surface area contributed by atoms with Crippen molar-refractivity contribution < 1.29 is 8.78 Å². The molecule has 0 radical (unpaired) electrons. The van der Waals surface area contributed by atoms with Crippen LogP contribution >= 0.6 is 0 Å². The molecule has 0 amide bonds. The Balaban J connectivity index is 2.68. The lowest BCUT2D eigenvalue weighted by molar-refractivity contribution is 0.0958. The second-order valence-corrected chi connectivity index (χ2v) is 5.03. The van der Waals surface area contributed by atoms with Crippen LogP contribution in [-0.2, 0) is 0 Å². The van der Waals surface area contributed by atoms with Gasteiger partial charge in [0.25, 0.3) is 6.43 Å². The van der Waals surface area contributed by atoms with E-state index in [1.807, 2.05) is 6.92 Å². The molecule has 0 spiro atoms. The Morgan fingerprint density at radius 2 is 1.79 bits per heavy atom. The minimum Gasteiger partial charge on any atom is -0.309 e. The lowest BCUT2D eigenvalue weighted by Crippen LogP contribution is -2.35. The van der Waals surface area contributed by atoms with Crippen LogP contribution in [0.25, 0.3) is 0 Å². The summed E-state index contributed by atoms with van der Waals surface area (Å²) in [6.07, 6.45) is -1.25. The molecule has 108 valence electrons. The number of benzene rings is 1. The monoisotopic (exact) mass is 270 g/mol. The van der Waals surface area contributed by atoms with Crippen LogP contribution in [0, 0.1) is 6.92 Å². The van der Waals surface area contributed by atoms with Gasteiger partial charge in [-0.15, -0.1) is 0 Å². The minimum absolute atomic E-state index is 0.101. The average Bonchev–Trinajstić information content (AvgIpc) is 2.34. The summed E-state index contributed by atoms with van der Waals surface area (Å²) in [5.41, 5.74) is 2.36. The SMILES string of the molecule is CCCNC(CN(C)CC(F)F)c1ccc(C)cc1. The summed E-state index contributed by atoms with van der Waals surface area (Å²) in [4.78, 5) is 1.68. The molecule has 1 aromatic carbocycles. The lowest BCUT2D eigenvalue weighted by atomic mass is 10.0. The van der Waals surface area contributed by atoms with Crippen molar-refractivity contribution in [3.63, 3.8) is 0 Å². The average molecular weight is 270 g/mol. The van der Waals surface area contributed by atoms with Gasteiger partial charge in [-0.2, -0.15) is 0 Å². The number of rotatable bonds is 8. The van der Waals surface area contributed by atoms with Gasteiger partial charge >= 0.3 is 0 Å². The van der Waals surface area contributed by atoms with Crippen molar-refractivity contribution in [1.82, 2.24) is 10.2 Å². The van der Waals surface area contributed by atoms with E-state index in [9.17, 15) is 8.78 Å². The summed E-state index contributed by atoms with van der Waals surface area (Å²) in [6, 6.07) is 8.36. The number of hydrogen-bond donors (Lipinski definition) is 1. The molecule has 2 nitrogen and oxygen atoms in total. The first-order valence-corrected chi connectivity index (χ1v) is 6.79. The highest BCUT2D eigenvalue weighted by atomic mass is 19.3. The van der Waals surface area contributed by atoms with Gasteiger partial charge in [-0.25, -0.2) is 8.78 Å². The van der Waals surface area contributed by atoms with E-state index < -0.39 is 6.43 Å². The fourth-order valence-corrected chi connectivity index (χ4v) is 2.03. The Morgan fingerprint density at radius 3 is 2.32 bits per heavy atom. The molecule has 1 rings (SSSR count). The van der Waals surface area contributed by atoms with E-state index in [2.05, 4.69) is 36.5 Å². The maximum Gasteiger partial charge on any atom is 0.251 e. The van der Waals surface area contributed by atoms with Crippen molar-refractivity contribution in [2.24, 2.45) is 0 Å². The van der Waals surface area contributed by atoms with Gasteiger partial charge < -0.3 is 5.32 Å². The van der Waals surface area contributed by atoms with Crippen LogP contribution < -0.4 is 5.32 Å². The molecule has 0 fully saturated rings. The molecule has 1 unspecified atom stereocenters. The zero-order valence-corrected chi connectivity index (χ0v) is 12.0. The van der Waals surface area contributed by atoms with Crippen LogP contribution in [0.3, 0.4) is 0 Å². The molecule has 1 aromatic rings. The van der Waals surface area contributed by atoms with Gasteiger partial charge in [0, 0.05) is 12.6 Å². The van der Waals surface area contributed by atoms with Crippen molar-refractivity contribution in [3.8, 4) is 0 Å². The van der Waals surface area contributed by atoms with E-state index in [-0.39, 0.29) is 12.6 Å². The van der Waals surface area contributed by atoms with Crippen LogP contribution in [0.15, 0.2) is 24.3 Å². The van der Waals surface area contributed by atoms with Gasteiger partial charge in [0.1, 0.15) is 0 Å². The van der Waals surface area contributed by atoms with E-state index in [4.69, 9.17) is 0 Å². The zero-order valence-electron chi connectivity index (χ0n) is 12.0. The molecule has 0 saturated carbocycles. The van der Waals surface area contributed by atoms with E-state index in [0.29, 0.717) is 6.54 Å². The van der Waals surface area contributed by atoms with Gasteiger partial charge in [0.2, 0.25) is 0 Å². The molecule has 0 heterocycles.